The van der Waals surface area contributed by atoms with Crippen LogP contribution in [0.3, 0.4) is 0 Å². The second kappa shape index (κ2) is 8.00. The number of carboxylic acid groups (broad SMARTS) is 1. The van der Waals surface area contributed by atoms with Gasteiger partial charge in [-0.3, -0.25) is 9.59 Å². The first-order valence-corrected chi connectivity index (χ1v) is 8.88. The zero-order chi connectivity index (χ0) is 18.4. The molecule has 0 saturated carbocycles. The number of amides is 1. The molecule has 26 heavy (non-hydrogen) atoms. The number of piperidine rings is 1. The van der Waals surface area contributed by atoms with Crippen LogP contribution in [0.15, 0.2) is 66.7 Å². The van der Waals surface area contributed by atoms with Crippen LogP contribution in [-0.4, -0.2) is 35.0 Å². The van der Waals surface area contributed by atoms with Crippen LogP contribution in [0, 0.1) is 5.41 Å². The highest BCUT2D eigenvalue weighted by Gasteiger charge is 2.42. The second-order valence-corrected chi connectivity index (χ2v) is 6.82. The lowest BCUT2D eigenvalue weighted by atomic mass is 9.74. The Morgan fingerprint density at radius 2 is 1.54 bits per heavy atom. The summed E-state index contributed by atoms with van der Waals surface area (Å²) in [4.78, 5) is 26.1. The Hall–Kier alpha value is -2.88. The molecule has 2 aromatic rings. The van der Waals surface area contributed by atoms with Crippen molar-refractivity contribution >= 4 is 18.0 Å². The summed E-state index contributed by atoms with van der Waals surface area (Å²) in [7, 11) is 0. The molecule has 1 saturated heterocycles. The van der Waals surface area contributed by atoms with Crippen molar-refractivity contribution in [2.75, 3.05) is 13.1 Å². The van der Waals surface area contributed by atoms with Crippen LogP contribution in [0.2, 0.25) is 0 Å². The van der Waals surface area contributed by atoms with E-state index in [2.05, 4.69) is 0 Å². The van der Waals surface area contributed by atoms with Crippen molar-refractivity contribution in [3.05, 3.63) is 77.9 Å². The van der Waals surface area contributed by atoms with Gasteiger partial charge in [-0.05, 0) is 36.5 Å². The average molecular weight is 349 g/mol. The fourth-order valence-corrected chi connectivity index (χ4v) is 3.45. The van der Waals surface area contributed by atoms with Crippen molar-refractivity contribution in [2.45, 2.75) is 19.3 Å². The molecule has 134 valence electrons. The van der Waals surface area contributed by atoms with Crippen LogP contribution in [-0.2, 0) is 16.0 Å². The maximum Gasteiger partial charge on any atom is 0.310 e. The van der Waals surface area contributed by atoms with Crippen LogP contribution < -0.4 is 0 Å². The van der Waals surface area contributed by atoms with Crippen molar-refractivity contribution in [1.29, 1.82) is 0 Å². The van der Waals surface area contributed by atoms with Gasteiger partial charge in [0.15, 0.2) is 0 Å². The predicted octanol–water partition coefficient (Wildman–Crippen LogP) is 3.64. The molecule has 0 radical (unpaired) electrons. The van der Waals surface area contributed by atoms with Gasteiger partial charge in [0.1, 0.15) is 0 Å². The average Bonchev–Trinajstić information content (AvgIpc) is 2.68. The Balaban J connectivity index is 1.63. The minimum absolute atomic E-state index is 0.0625. The van der Waals surface area contributed by atoms with E-state index in [1.165, 1.54) is 0 Å². The summed E-state index contributed by atoms with van der Waals surface area (Å²) in [6, 6.07) is 19.4. The molecule has 0 bridgehead atoms. The van der Waals surface area contributed by atoms with Crippen LogP contribution in [0.1, 0.15) is 24.0 Å². The number of nitrogens with zero attached hydrogens (tertiary/aromatic N) is 1. The van der Waals surface area contributed by atoms with Gasteiger partial charge in [-0.25, -0.2) is 0 Å². The molecule has 1 heterocycles. The van der Waals surface area contributed by atoms with Crippen molar-refractivity contribution in [1.82, 2.24) is 4.90 Å². The molecule has 0 spiro atoms. The monoisotopic (exact) mass is 349 g/mol. The first kappa shape index (κ1) is 17.9. The van der Waals surface area contributed by atoms with Gasteiger partial charge in [0.2, 0.25) is 5.91 Å². The second-order valence-electron chi connectivity index (χ2n) is 6.82. The highest BCUT2D eigenvalue weighted by Crippen LogP contribution is 2.35. The fourth-order valence-electron chi connectivity index (χ4n) is 3.45. The number of carbonyl (C=O) groups is 2. The van der Waals surface area contributed by atoms with E-state index in [1.54, 1.807) is 17.1 Å². The lowest BCUT2D eigenvalue weighted by Gasteiger charge is -2.38. The smallest absolute Gasteiger partial charge is 0.310 e. The topological polar surface area (TPSA) is 57.6 Å². The predicted molar refractivity (Wildman–Crippen MR) is 102 cm³/mol. The molecule has 2 aromatic carbocycles. The standard InChI is InChI=1S/C22H23NO3/c24-20(12-11-18-7-3-1-4-8-18)23-15-13-22(14-16-23,21(25)26)17-19-9-5-2-6-10-19/h1-12H,13-17H2,(H,25,26)/b12-11+. The summed E-state index contributed by atoms with van der Waals surface area (Å²) in [6.07, 6.45) is 4.82. The Morgan fingerprint density at radius 1 is 0.962 bits per heavy atom. The minimum Gasteiger partial charge on any atom is -0.481 e. The van der Waals surface area contributed by atoms with Gasteiger partial charge in [-0.15, -0.1) is 0 Å². The maximum absolute atomic E-state index is 12.4. The quantitative estimate of drug-likeness (QED) is 0.839. The summed E-state index contributed by atoms with van der Waals surface area (Å²) in [6.45, 7) is 0.939. The van der Waals surface area contributed by atoms with Gasteiger partial charge in [-0.1, -0.05) is 60.7 Å². The van der Waals surface area contributed by atoms with E-state index in [0.29, 0.717) is 32.4 Å². The molecule has 4 nitrogen and oxygen atoms in total. The van der Waals surface area contributed by atoms with E-state index in [9.17, 15) is 14.7 Å². The molecule has 1 N–H and O–H groups in total. The Bertz CT molecular complexity index is 776. The summed E-state index contributed by atoms with van der Waals surface area (Å²) in [5.41, 5.74) is 1.21. The molecule has 0 atom stereocenters. The lowest BCUT2D eigenvalue weighted by Crippen LogP contribution is -2.47. The molecule has 3 rings (SSSR count). The molecule has 1 fully saturated rings. The van der Waals surface area contributed by atoms with Gasteiger partial charge in [0.25, 0.3) is 0 Å². The number of rotatable bonds is 5. The van der Waals surface area contributed by atoms with E-state index in [4.69, 9.17) is 0 Å². The first-order chi connectivity index (χ1) is 12.6. The minimum atomic E-state index is -0.790. The van der Waals surface area contributed by atoms with Crippen LogP contribution in [0.4, 0.5) is 0 Å². The van der Waals surface area contributed by atoms with Crippen molar-refractivity contribution in [2.24, 2.45) is 5.41 Å². The molecule has 0 aliphatic carbocycles. The van der Waals surface area contributed by atoms with E-state index in [0.717, 1.165) is 11.1 Å². The van der Waals surface area contributed by atoms with Gasteiger partial charge in [-0.2, -0.15) is 0 Å². The van der Waals surface area contributed by atoms with Gasteiger partial charge < -0.3 is 10.0 Å². The van der Waals surface area contributed by atoms with E-state index in [-0.39, 0.29) is 5.91 Å². The fraction of sp³-hybridized carbons (Fsp3) is 0.273. The van der Waals surface area contributed by atoms with E-state index >= 15 is 0 Å². The third kappa shape index (κ3) is 4.20. The highest BCUT2D eigenvalue weighted by molar-refractivity contribution is 5.92. The van der Waals surface area contributed by atoms with Crippen LogP contribution in [0.25, 0.3) is 6.08 Å². The van der Waals surface area contributed by atoms with Gasteiger partial charge in [0, 0.05) is 19.2 Å². The number of carbonyl (C=O) groups excluding carboxylic acids is 1. The molecule has 1 aliphatic rings. The zero-order valence-electron chi connectivity index (χ0n) is 14.7. The number of aliphatic carboxylic acids is 1. The third-order valence-electron chi connectivity index (χ3n) is 5.09. The SMILES string of the molecule is O=C(/C=C/c1ccccc1)N1CCC(Cc2ccccc2)(C(=O)O)CC1. The van der Waals surface area contributed by atoms with Crippen LogP contribution in [0.5, 0.6) is 0 Å². The van der Waals surface area contributed by atoms with Crippen LogP contribution >= 0.6 is 0 Å². The molecule has 4 heteroatoms. The maximum atomic E-state index is 12.4. The molecule has 1 amide bonds. The zero-order valence-corrected chi connectivity index (χ0v) is 14.7. The third-order valence-corrected chi connectivity index (χ3v) is 5.09. The first-order valence-electron chi connectivity index (χ1n) is 8.88. The lowest BCUT2D eigenvalue weighted by molar-refractivity contribution is -0.153. The summed E-state index contributed by atoms with van der Waals surface area (Å²) >= 11 is 0. The Kier molecular flexibility index (Phi) is 5.52. The van der Waals surface area contributed by atoms with E-state index in [1.807, 2.05) is 60.7 Å². The number of likely N-dealkylation sites (tertiary alicyclic amines) is 1. The highest BCUT2D eigenvalue weighted by atomic mass is 16.4. The molecular formula is C22H23NO3. The molecular weight excluding hydrogens is 326 g/mol. The molecule has 1 aliphatic heterocycles. The van der Waals surface area contributed by atoms with Crippen molar-refractivity contribution in [3.8, 4) is 0 Å². The number of benzene rings is 2. The summed E-state index contributed by atoms with van der Waals surface area (Å²) < 4.78 is 0. The van der Waals surface area contributed by atoms with Gasteiger partial charge >= 0.3 is 5.97 Å². The largest absolute Gasteiger partial charge is 0.481 e. The molecule has 0 aromatic heterocycles. The number of hydrogen-bond donors (Lipinski definition) is 1. The summed E-state index contributed by atoms with van der Waals surface area (Å²) in [5.74, 6) is -0.833. The van der Waals surface area contributed by atoms with Crippen molar-refractivity contribution in [3.63, 3.8) is 0 Å². The Labute approximate surface area is 153 Å². The normalized spacial score (nSPS) is 16.5. The van der Waals surface area contributed by atoms with Gasteiger partial charge in [0.05, 0.1) is 5.41 Å². The summed E-state index contributed by atoms with van der Waals surface area (Å²) in [5, 5.41) is 9.81. The number of carboxylic acids is 1. The Morgan fingerprint density at radius 3 is 2.12 bits per heavy atom. The van der Waals surface area contributed by atoms with Crippen molar-refractivity contribution < 1.29 is 14.7 Å². The molecule has 0 unspecified atom stereocenters. The van der Waals surface area contributed by atoms with E-state index < -0.39 is 11.4 Å². The number of hydrogen-bond acceptors (Lipinski definition) is 2.